The first kappa shape index (κ1) is 13.4. The summed E-state index contributed by atoms with van der Waals surface area (Å²) < 4.78 is 0. The van der Waals surface area contributed by atoms with Crippen LogP contribution in [-0.2, 0) is 0 Å². The van der Waals surface area contributed by atoms with E-state index in [1.807, 2.05) is 27.7 Å². The fourth-order valence-electron chi connectivity index (χ4n) is 1.34. The highest BCUT2D eigenvalue weighted by atomic mass is 15.2. The average molecular weight is 208 g/mol. The van der Waals surface area contributed by atoms with Crippen LogP contribution in [0.2, 0.25) is 0 Å². The second-order valence-corrected chi connectivity index (χ2v) is 3.75. The minimum absolute atomic E-state index is 0.252. The first-order valence-electron chi connectivity index (χ1n) is 4.75. The standard InChI is InChI=1S/C9H16N6/c1-5-7(2)8(6-12-14-10)9(3,4)13-15-11/h5-6H2,1-4H3/b8-7+. The number of nitrogens with zero attached hydrogens (tertiary/aromatic N) is 6. The molecule has 0 aliphatic rings. The summed E-state index contributed by atoms with van der Waals surface area (Å²) in [5.74, 6) is 0. The molecule has 0 N–H and O–H groups in total. The van der Waals surface area contributed by atoms with Crippen molar-refractivity contribution in [2.75, 3.05) is 6.54 Å². The Balaban J connectivity index is 5.28. The topological polar surface area (TPSA) is 97.5 Å². The van der Waals surface area contributed by atoms with Crippen molar-refractivity contribution in [2.24, 2.45) is 10.2 Å². The number of rotatable bonds is 5. The summed E-state index contributed by atoms with van der Waals surface area (Å²) in [5, 5.41) is 7.25. The van der Waals surface area contributed by atoms with E-state index in [1.54, 1.807) is 0 Å². The Bertz CT molecular complexity index is 342. The lowest BCUT2D eigenvalue weighted by molar-refractivity contribution is 0.585. The highest BCUT2D eigenvalue weighted by molar-refractivity contribution is 5.25. The van der Waals surface area contributed by atoms with Crippen molar-refractivity contribution in [2.45, 2.75) is 39.7 Å². The van der Waals surface area contributed by atoms with Crippen LogP contribution in [0.15, 0.2) is 21.4 Å². The van der Waals surface area contributed by atoms with Gasteiger partial charge in [0.15, 0.2) is 0 Å². The fraction of sp³-hybridized carbons (Fsp3) is 0.778. The molecule has 0 aromatic carbocycles. The molecule has 0 radical (unpaired) electrons. The first-order chi connectivity index (χ1) is 6.99. The quantitative estimate of drug-likeness (QED) is 0.281. The van der Waals surface area contributed by atoms with Gasteiger partial charge in [-0.2, -0.15) is 0 Å². The van der Waals surface area contributed by atoms with Crippen molar-refractivity contribution in [3.05, 3.63) is 32.0 Å². The Hall–Kier alpha value is -1.64. The Morgan fingerprint density at radius 2 is 1.87 bits per heavy atom. The molecule has 0 aromatic heterocycles. The molecule has 0 aliphatic heterocycles. The van der Waals surface area contributed by atoms with E-state index in [0.717, 1.165) is 17.6 Å². The van der Waals surface area contributed by atoms with E-state index in [2.05, 4.69) is 20.1 Å². The van der Waals surface area contributed by atoms with Gasteiger partial charge in [-0.05, 0) is 24.4 Å². The Kier molecular flexibility index (Phi) is 5.31. The number of hydrogen-bond donors (Lipinski definition) is 0. The maximum absolute atomic E-state index is 8.46. The average Bonchev–Trinajstić information content (AvgIpc) is 2.17. The molecule has 0 aliphatic carbocycles. The zero-order valence-corrected chi connectivity index (χ0v) is 9.60. The van der Waals surface area contributed by atoms with E-state index < -0.39 is 5.54 Å². The molecule has 15 heavy (non-hydrogen) atoms. The van der Waals surface area contributed by atoms with Gasteiger partial charge in [0.1, 0.15) is 0 Å². The van der Waals surface area contributed by atoms with Gasteiger partial charge in [0.05, 0.1) is 5.54 Å². The van der Waals surface area contributed by atoms with Gasteiger partial charge in [-0.25, -0.2) is 0 Å². The molecule has 0 spiro atoms. The lowest BCUT2D eigenvalue weighted by Gasteiger charge is -2.23. The molecule has 0 rings (SSSR count). The van der Waals surface area contributed by atoms with Gasteiger partial charge in [-0.15, -0.1) is 0 Å². The molecule has 0 saturated heterocycles. The summed E-state index contributed by atoms with van der Waals surface area (Å²) in [4.78, 5) is 5.53. The third-order valence-corrected chi connectivity index (χ3v) is 2.37. The predicted molar refractivity (Wildman–Crippen MR) is 60.2 cm³/mol. The largest absolute Gasteiger partial charge is 0.0896 e. The van der Waals surface area contributed by atoms with E-state index in [1.165, 1.54) is 0 Å². The smallest absolute Gasteiger partial charge is 0.0645 e. The third kappa shape index (κ3) is 3.94. The highest BCUT2D eigenvalue weighted by Gasteiger charge is 2.22. The minimum Gasteiger partial charge on any atom is -0.0896 e. The lowest BCUT2D eigenvalue weighted by Crippen LogP contribution is -2.22. The minimum atomic E-state index is -0.636. The van der Waals surface area contributed by atoms with Gasteiger partial charge >= 0.3 is 0 Å². The lowest BCUT2D eigenvalue weighted by atomic mass is 9.90. The molecule has 0 atom stereocenters. The van der Waals surface area contributed by atoms with E-state index in [0.29, 0.717) is 0 Å². The van der Waals surface area contributed by atoms with Crippen LogP contribution in [0.3, 0.4) is 0 Å². The molecular weight excluding hydrogens is 192 g/mol. The zero-order valence-electron chi connectivity index (χ0n) is 9.60. The predicted octanol–water partition coefficient (Wildman–Crippen LogP) is 4.11. The van der Waals surface area contributed by atoms with E-state index in [9.17, 15) is 0 Å². The van der Waals surface area contributed by atoms with Gasteiger partial charge in [0, 0.05) is 16.4 Å². The van der Waals surface area contributed by atoms with Gasteiger partial charge < -0.3 is 0 Å². The zero-order chi connectivity index (χ0) is 11.9. The summed E-state index contributed by atoms with van der Waals surface area (Å²) >= 11 is 0. The summed E-state index contributed by atoms with van der Waals surface area (Å²) in [6, 6.07) is 0. The molecule has 6 heteroatoms. The second kappa shape index (κ2) is 5.96. The number of azide groups is 2. The number of hydrogen-bond acceptors (Lipinski definition) is 2. The van der Waals surface area contributed by atoms with Gasteiger partial charge in [-0.3, -0.25) is 0 Å². The van der Waals surface area contributed by atoms with E-state index in [4.69, 9.17) is 11.1 Å². The monoisotopic (exact) mass is 208 g/mol. The van der Waals surface area contributed by atoms with Crippen LogP contribution < -0.4 is 0 Å². The molecule has 0 fully saturated rings. The molecular formula is C9H16N6. The molecule has 0 unspecified atom stereocenters. The van der Waals surface area contributed by atoms with Crippen LogP contribution >= 0.6 is 0 Å². The van der Waals surface area contributed by atoms with Gasteiger partial charge in [0.2, 0.25) is 0 Å². The number of allylic oxidation sites excluding steroid dienone is 1. The SMILES string of the molecule is CC/C(C)=C(\CN=[N+]=[N-])C(C)(C)N=[N+]=[N-]. The maximum Gasteiger partial charge on any atom is 0.0645 e. The summed E-state index contributed by atoms with van der Waals surface area (Å²) in [7, 11) is 0. The normalized spacial score (nSPS) is 12.3. The highest BCUT2D eigenvalue weighted by Crippen LogP contribution is 2.26. The maximum atomic E-state index is 8.46. The van der Waals surface area contributed by atoms with Crippen molar-refractivity contribution in [1.29, 1.82) is 0 Å². The second-order valence-electron chi connectivity index (χ2n) is 3.75. The van der Waals surface area contributed by atoms with Crippen LogP contribution in [0.1, 0.15) is 34.1 Å². The van der Waals surface area contributed by atoms with Gasteiger partial charge in [-0.1, -0.05) is 42.1 Å². The fourth-order valence-corrected chi connectivity index (χ4v) is 1.34. The van der Waals surface area contributed by atoms with Crippen molar-refractivity contribution in [3.8, 4) is 0 Å². The Morgan fingerprint density at radius 3 is 2.27 bits per heavy atom. The molecule has 0 aromatic rings. The van der Waals surface area contributed by atoms with Crippen LogP contribution in [0.25, 0.3) is 20.9 Å². The van der Waals surface area contributed by atoms with Crippen molar-refractivity contribution in [3.63, 3.8) is 0 Å². The van der Waals surface area contributed by atoms with E-state index in [-0.39, 0.29) is 6.54 Å². The van der Waals surface area contributed by atoms with Gasteiger partial charge in [0.25, 0.3) is 0 Å². The summed E-state index contributed by atoms with van der Waals surface area (Å²) in [6.07, 6.45) is 0.848. The molecule has 82 valence electrons. The van der Waals surface area contributed by atoms with Crippen LogP contribution in [0.5, 0.6) is 0 Å². The van der Waals surface area contributed by atoms with Crippen LogP contribution in [-0.4, -0.2) is 12.1 Å². The molecule has 0 amide bonds. The Morgan fingerprint density at radius 1 is 1.27 bits per heavy atom. The molecule has 0 saturated carbocycles. The Labute approximate surface area is 89.2 Å². The van der Waals surface area contributed by atoms with Crippen LogP contribution in [0, 0.1) is 0 Å². The van der Waals surface area contributed by atoms with Crippen molar-refractivity contribution >= 4 is 0 Å². The molecule has 6 nitrogen and oxygen atoms in total. The summed E-state index contributed by atoms with van der Waals surface area (Å²) in [6.45, 7) is 7.85. The summed E-state index contributed by atoms with van der Waals surface area (Å²) in [5.41, 5.74) is 18.1. The first-order valence-corrected chi connectivity index (χ1v) is 4.75. The van der Waals surface area contributed by atoms with E-state index >= 15 is 0 Å². The third-order valence-electron chi connectivity index (χ3n) is 2.37. The molecule has 0 heterocycles. The van der Waals surface area contributed by atoms with Crippen LogP contribution in [0.4, 0.5) is 0 Å². The van der Waals surface area contributed by atoms with Crippen molar-refractivity contribution < 1.29 is 0 Å². The van der Waals surface area contributed by atoms with Crippen molar-refractivity contribution in [1.82, 2.24) is 0 Å². The molecule has 0 bridgehead atoms.